The molecule has 0 radical (unpaired) electrons. The number of hydrogen-bond donors (Lipinski definition) is 2. The van der Waals surface area contributed by atoms with Crippen molar-refractivity contribution in [2.45, 2.75) is 90.5 Å². The SMILES string of the molecule is CC.Cc1cc2[nH]ncc2c(-c2nc3c4c(nc(OCC5CCN5C5CCCCC5)nc4c2F)N(C(C)c2cc(F)cnc2N)CCO3)c1C(F)(F)F. The van der Waals surface area contributed by atoms with E-state index in [4.69, 9.17) is 20.2 Å². The lowest BCUT2D eigenvalue weighted by molar-refractivity contribution is -0.137. The van der Waals surface area contributed by atoms with Gasteiger partial charge in [0, 0.05) is 35.1 Å². The van der Waals surface area contributed by atoms with Gasteiger partial charge in [-0.05, 0) is 50.8 Å². The summed E-state index contributed by atoms with van der Waals surface area (Å²) < 4.78 is 87.8. The Balaban J connectivity index is 0.00000214. The van der Waals surface area contributed by atoms with Crippen molar-refractivity contribution in [3.8, 4) is 23.1 Å². The number of aromatic amines is 1. The number of hydrogen-bond acceptors (Lipinski definition) is 10. The van der Waals surface area contributed by atoms with Crippen molar-refractivity contribution in [2.24, 2.45) is 0 Å². The second-order valence-corrected chi connectivity index (χ2v) is 13.5. The topological polar surface area (TPSA) is 131 Å². The van der Waals surface area contributed by atoms with Crippen molar-refractivity contribution in [3.63, 3.8) is 0 Å². The van der Waals surface area contributed by atoms with Crippen molar-refractivity contribution in [3.05, 3.63) is 52.9 Å². The highest BCUT2D eigenvalue weighted by atomic mass is 19.4. The lowest BCUT2D eigenvalue weighted by Gasteiger charge is -2.47. The molecule has 3 N–H and O–H groups in total. The van der Waals surface area contributed by atoms with E-state index >= 15 is 4.39 Å². The van der Waals surface area contributed by atoms with Gasteiger partial charge < -0.3 is 20.1 Å². The molecule has 0 amide bonds. The predicted octanol–water partition coefficient (Wildman–Crippen LogP) is 7.92. The minimum atomic E-state index is -4.85. The van der Waals surface area contributed by atoms with Crippen molar-refractivity contribution in [2.75, 3.05) is 36.9 Å². The summed E-state index contributed by atoms with van der Waals surface area (Å²) in [6, 6.07) is 2.37. The van der Waals surface area contributed by atoms with Gasteiger partial charge >= 0.3 is 12.2 Å². The number of likely N-dealkylation sites (tertiary alicyclic amines) is 1. The number of ether oxygens (including phenoxy) is 2. The Kier molecular flexibility index (Phi) is 10.00. The molecule has 1 saturated heterocycles. The second kappa shape index (κ2) is 14.5. The zero-order valence-electron chi connectivity index (χ0n) is 30.0. The van der Waals surface area contributed by atoms with E-state index in [1.54, 1.807) is 11.8 Å². The molecule has 1 aliphatic carbocycles. The van der Waals surface area contributed by atoms with Gasteiger partial charge in [-0.3, -0.25) is 10.00 Å². The van der Waals surface area contributed by atoms with Crippen LogP contribution in [0.1, 0.15) is 82.0 Å². The molecule has 53 heavy (non-hydrogen) atoms. The van der Waals surface area contributed by atoms with Gasteiger partial charge in [0.15, 0.2) is 5.82 Å². The van der Waals surface area contributed by atoms with Crippen molar-refractivity contribution in [1.29, 1.82) is 0 Å². The minimum absolute atomic E-state index is 0.0216. The summed E-state index contributed by atoms with van der Waals surface area (Å²) >= 11 is 0. The maximum Gasteiger partial charge on any atom is 0.417 e. The number of nitrogen functional groups attached to an aromatic ring is 1. The molecule has 16 heteroatoms. The molecule has 11 nitrogen and oxygen atoms in total. The number of nitrogens with one attached hydrogen (secondary N) is 1. The summed E-state index contributed by atoms with van der Waals surface area (Å²) in [5.74, 6) is -1.62. The van der Waals surface area contributed by atoms with E-state index < -0.39 is 40.7 Å². The molecule has 3 aliphatic rings. The molecule has 2 aliphatic heterocycles. The average Bonchev–Trinajstić information content (AvgIpc) is 3.51. The quantitative estimate of drug-likeness (QED) is 0.159. The highest BCUT2D eigenvalue weighted by molar-refractivity contribution is 6.02. The number of alkyl halides is 3. The Labute approximate surface area is 303 Å². The monoisotopic (exact) mass is 739 g/mol. The van der Waals surface area contributed by atoms with Gasteiger partial charge in [0.2, 0.25) is 5.88 Å². The second-order valence-electron chi connectivity index (χ2n) is 13.5. The van der Waals surface area contributed by atoms with Gasteiger partial charge in [0.1, 0.15) is 47.3 Å². The zero-order chi connectivity index (χ0) is 37.6. The molecule has 0 bridgehead atoms. The largest absolute Gasteiger partial charge is 0.475 e. The number of H-pyrrole nitrogens is 1. The molecule has 5 aromatic rings. The Bertz CT molecular complexity index is 2140. The van der Waals surface area contributed by atoms with Crippen LogP contribution in [0.3, 0.4) is 0 Å². The molecule has 1 saturated carbocycles. The Morgan fingerprint density at radius 1 is 1.04 bits per heavy atom. The van der Waals surface area contributed by atoms with E-state index in [1.165, 1.54) is 44.5 Å². The van der Waals surface area contributed by atoms with Crippen LogP contribution in [0.5, 0.6) is 11.9 Å². The van der Waals surface area contributed by atoms with Crippen LogP contribution in [0, 0.1) is 18.6 Å². The average molecular weight is 740 g/mol. The smallest absolute Gasteiger partial charge is 0.417 e. The van der Waals surface area contributed by atoms with Crippen LogP contribution < -0.4 is 20.1 Å². The first kappa shape index (κ1) is 36.5. The lowest BCUT2D eigenvalue weighted by atomic mass is 9.89. The van der Waals surface area contributed by atoms with E-state index in [1.807, 2.05) is 13.8 Å². The number of benzene rings is 1. The van der Waals surface area contributed by atoms with Crippen molar-refractivity contribution < 1.29 is 31.4 Å². The van der Waals surface area contributed by atoms with Crippen LogP contribution in [0.15, 0.2) is 24.5 Å². The summed E-state index contributed by atoms with van der Waals surface area (Å²) in [4.78, 5) is 21.8. The van der Waals surface area contributed by atoms with Crippen LogP contribution in [0.4, 0.5) is 33.6 Å². The Hall–Kier alpha value is -4.86. The highest BCUT2D eigenvalue weighted by Gasteiger charge is 2.40. The zero-order valence-corrected chi connectivity index (χ0v) is 30.0. The van der Waals surface area contributed by atoms with E-state index in [9.17, 15) is 17.6 Å². The Morgan fingerprint density at radius 2 is 1.81 bits per heavy atom. The van der Waals surface area contributed by atoms with Gasteiger partial charge in [-0.2, -0.15) is 28.2 Å². The number of aryl methyl sites for hydroxylation is 1. The summed E-state index contributed by atoms with van der Waals surface area (Å²) in [6.45, 7) is 8.39. The van der Waals surface area contributed by atoms with Gasteiger partial charge in [-0.15, -0.1) is 0 Å². The lowest BCUT2D eigenvalue weighted by Crippen LogP contribution is -2.56. The van der Waals surface area contributed by atoms with Crippen molar-refractivity contribution >= 4 is 33.4 Å². The fourth-order valence-electron chi connectivity index (χ4n) is 7.88. The van der Waals surface area contributed by atoms with Crippen LogP contribution >= 0.6 is 0 Å². The third-order valence-electron chi connectivity index (χ3n) is 10.5. The summed E-state index contributed by atoms with van der Waals surface area (Å²) in [6.07, 6.45) is 4.15. The standard InChI is InChI=1S/C35H36F5N9O2.C2H6/c1-17-12-24-23(15-43-47-24)25(27(17)35(38,39)40)29-28(37)30-26-32(46-34(45-30)51-16-21-8-9-49(21)20-6-4-3-5-7-20)48(10-11-50-33(26)44-29)18(2)22-13-19(36)14-42-31(22)41;1-2/h12-15,18,20-21H,3-11,16H2,1-2H3,(H2,41,42)(H,43,47);1-2H3. The number of halogens is 5. The number of nitrogens with zero attached hydrogens (tertiary/aromatic N) is 7. The van der Waals surface area contributed by atoms with Gasteiger partial charge in [0.05, 0.1) is 36.1 Å². The maximum atomic E-state index is 17.1. The van der Waals surface area contributed by atoms with Crippen LogP contribution in [0.25, 0.3) is 33.1 Å². The summed E-state index contributed by atoms with van der Waals surface area (Å²) in [5, 5.41) is 6.68. The van der Waals surface area contributed by atoms with Crippen LogP contribution in [-0.4, -0.2) is 73.4 Å². The molecular formula is C37H42F5N9O2. The molecule has 0 spiro atoms. The first-order chi connectivity index (χ1) is 25.5. The maximum absolute atomic E-state index is 17.1. The van der Waals surface area contributed by atoms with Gasteiger partial charge in [-0.1, -0.05) is 33.1 Å². The minimum Gasteiger partial charge on any atom is -0.475 e. The van der Waals surface area contributed by atoms with E-state index in [0.717, 1.165) is 32.0 Å². The fraction of sp³-hybridized carbons (Fsp3) is 0.486. The highest BCUT2D eigenvalue weighted by Crippen LogP contribution is 2.47. The number of pyridine rings is 2. The number of fused-ring (bicyclic) bond motifs is 1. The third kappa shape index (κ3) is 6.65. The van der Waals surface area contributed by atoms with Crippen LogP contribution in [-0.2, 0) is 6.18 Å². The summed E-state index contributed by atoms with van der Waals surface area (Å²) in [7, 11) is 0. The molecule has 4 aromatic heterocycles. The van der Waals surface area contributed by atoms with E-state index in [-0.39, 0.29) is 76.7 Å². The summed E-state index contributed by atoms with van der Waals surface area (Å²) in [5.41, 5.74) is 4.20. The van der Waals surface area contributed by atoms with Crippen LogP contribution in [0.2, 0.25) is 0 Å². The fourth-order valence-corrected chi connectivity index (χ4v) is 7.88. The molecule has 2 atom stereocenters. The van der Waals surface area contributed by atoms with Gasteiger partial charge in [-0.25, -0.2) is 18.7 Å². The molecular weight excluding hydrogens is 697 g/mol. The van der Waals surface area contributed by atoms with E-state index in [0.29, 0.717) is 11.6 Å². The molecule has 2 unspecified atom stereocenters. The van der Waals surface area contributed by atoms with Crippen molar-refractivity contribution in [1.82, 2.24) is 35.0 Å². The molecule has 1 aromatic carbocycles. The first-order valence-corrected chi connectivity index (χ1v) is 18.1. The molecule has 282 valence electrons. The van der Waals surface area contributed by atoms with Gasteiger partial charge in [0.25, 0.3) is 0 Å². The number of nitrogens with two attached hydrogens (primary N) is 1. The molecule has 2 fully saturated rings. The number of rotatable bonds is 7. The van der Waals surface area contributed by atoms with E-state index in [2.05, 4.69) is 30.0 Å². The third-order valence-corrected chi connectivity index (χ3v) is 10.5. The first-order valence-electron chi connectivity index (χ1n) is 18.1. The molecule has 6 heterocycles. The molecule has 8 rings (SSSR count). The number of aromatic nitrogens is 6. The normalized spacial score (nSPS) is 18.6. The Morgan fingerprint density at radius 3 is 2.53 bits per heavy atom. The number of anilines is 2. The predicted molar refractivity (Wildman–Crippen MR) is 191 cm³/mol.